The number of hydrogen-bond acceptors (Lipinski definition) is 2. The summed E-state index contributed by atoms with van der Waals surface area (Å²) < 4.78 is 0. The number of allylic oxidation sites excluding steroid dienone is 1. The Morgan fingerprint density at radius 3 is 2.79 bits per heavy atom. The molecule has 0 aromatic heterocycles. The summed E-state index contributed by atoms with van der Waals surface area (Å²) in [5, 5.41) is 15.1. The van der Waals surface area contributed by atoms with E-state index in [0.29, 0.717) is 0 Å². The molecule has 1 aromatic rings. The fraction of sp³-hybridized carbons (Fsp3) is 0.400. The van der Waals surface area contributed by atoms with Crippen LogP contribution in [0.2, 0.25) is 0 Å². The van der Waals surface area contributed by atoms with Gasteiger partial charge in [0.05, 0.1) is 12.6 Å². The average molecular weight is 260 g/mol. The van der Waals surface area contributed by atoms with Crippen LogP contribution >= 0.6 is 0 Å². The number of nitrogens with one attached hydrogen (secondary N) is 2. The van der Waals surface area contributed by atoms with Gasteiger partial charge in [0.2, 0.25) is 0 Å². The second-order valence-corrected chi connectivity index (χ2v) is 4.73. The Labute approximate surface area is 113 Å². The lowest BCUT2D eigenvalue weighted by molar-refractivity contribution is 0.215. The Hall–Kier alpha value is -1.81. The molecule has 4 nitrogen and oxygen atoms in total. The first-order chi connectivity index (χ1) is 9.29. The van der Waals surface area contributed by atoms with E-state index in [1.807, 2.05) is 36.4 Å². The van der Waals surface area contributed by atoms with Gasteiger partial charge in [-0.15, -0.1) is 0 Å². The van der Waals surface area contributed by atoms with Gasteiger partial charge < -0.3 is 15.7 Å². The summed E-state index contributed by atoms with van der Waals surface area (Å²) in [4.78, 5) is 11.9. The van der Waals surface area contributed by atoms with Crippen molar-refractivity contribution >= 4 is 6.03 Å². The summed E-state index contributed by atoms with van der Waals surface area (Å²) in [6, 6.07) is 8.97. The van der Waals surface area contributed by atoms with Gasteiger partial charge in [0, 0.05) is 6.04 Å². The van der Waals surface area contributed by atoms with E-state index in [-0.39, 0.29) is 24.7 Å². The van der Waals surface area contributed by atoms with Crippen molar-refractivity contribution in [2.75, 3.05) is 6.61 Å². The molecule has 2 atom stereocenters. The molecule has 0 heterocycles. The maximum absolute atomic E-state index is 11.9. The van der Waals surface area contributed by atoms with Gasteiger partial charge in [-0.25, -0.2) is 4.79 Å². The molecule has 0 fully saturated rings. The molecule has 0 saturated heterocycles. The minimum absolute atomic E-state index is 0.101. The number of benzene rings is 1. The van der Waals surface area contributed by atoms with Crippen LogP contribution in [0.1, 0.15) is 30.9 Å². The molecule has 0 aliphatic heterocycles. The lowest BCUT2D eigenvalue weighted by Crippen LogP contribution is -2.44. The first-order valence-corrected chi connectivity index (χ1v) is 6.69. The molecule has 0 spiro atoms. The van der Waals surface area contributed by atoms with Gasteiger partial charge in [-0.2, -0.15) is 0 Å². The van der Waals surface area contributed by atoms with Crippen molar-refractivity contribution in [3.8, 4) is 0 Å². The molecule has 0 radical (unpaired) electrons. The van der Waals surface area contributed by atoms with E-state index in [0.717, 1.165) is 24.8 Å². The molecule has 3 N–H and O–H groups in total. The molecule has 19 heavy (non-hydrogen) atoms. The molecule has 1 aliphatic carbocycles. The summed E-state index contributed by atoms with van der Waals surface area (Å²) >= 11 is 0. The normalized spacial score (nSPS) is 19.7. The molecule has 102 valence electrons. The Kier molecular flexibility index (Phi) is 4.98. The number of aliphatic hydroxyl groups is 1. The Bertz CT molecular complexity index is 431. The van der Waals surface area contributed by atoms with Gasteiger partial charge in [-0.1, -0.05) is 42.5 Å². The smallest absolute Gasteiger partial charge is 0.315 e. The van der Waals surface area contributed by atoms with E-state index < -0.39 is 0 Å². The van der Waals surface area contributed by atoms with E-state index >= 15 is 0 Å². The zero-order valence-corrected chi connectivity index (χ0v) is 10.9. The van der Waals surface area contributed by atoms with Gasteiger partial charge in [-0.3, -0.25) is 0 Å². The van der Waals surface area contributed by atoms with Crippen LogP contribution in [-0.2, 0) is 0 Å². The molecule has 2 amide bonds. The Balaban J connectivity index is 1.89. The average Bonchev–Trinajstić information content (AvgIpc) is 2.47. The van der Waals surface area contributed by atoms with Gasteiger partial charge in [0.25, 0.3) is 0 Å². The highest BCUT2D eigenvalue weighted by Gasteiger charge is 2.16. The zero-order chi connectivity index (χ0) is 13.5. The van der Waals surface area contributed by atoms with E-state index in [1.165, 1.54) is 0 Å². The predicted octanol–water partition coefficient (Wildman–Crippen LogP) is 2.13. The Morgan fingerprint density at radius 2 is 2.16 bits per heavy atom. The molecule has 0 unspecified atom stereocenters. The number of carbonyl (C=O) groups excluding carboxylic acids is 1. The number of rotatable bonds is 4. The van der Waals surface area contributed by atoms with E-state index in [9.17, 15) is 9.90 Å². The monoisotopic (exact) mass is 260 g/mol. The van der Waals surface area contributed by atoms with Crippen LogP contribution in [0.4, 0.5) is 4.79 Å². The molecule has 2 rings (SSSR count). The minimum Gasteiger partial charge on any atom is -0.394 e. The van der Waals surface area contributed by atoms with Gasteiger partial charge in [0.15, 0.2) is 0 Å². The van der Waals surface area contributed by atoms with E-state index in [4.69, 9.17) is 0 Å². The molecular formula is C15H20N2O2. The predicted molar refractivity (Wildman–Crippen MR) is 74.7 cm³/mol. The van der Waals surface area contributed by atoms with Gasteiger partial charge in [0.1, 0.15) is 0 Å². The molecule has 0 bridgehead atoms. The van der Waals surface area contributed by atoms with Crippen molar-refractivity contribution < 1.29 is 9.90 Å². The maximum Gasteiger partial charge on any atom is 0.315 e. The van der Waals surface area contributed by atoms with Gasteiger partial charge in [-0.05, 0) is 24.8 Å². The minimum atomic E-state index is -0.367. The zero-order valence-electron chi connectivity index (χ0n) is 10.9. The lowest BCUT2D eigenvalue weighted by atomic mass is 10.0. The lowest BCUT2D eigenvalue weighted by Gasteiger charge is -2.21. The summed E-state index contributed by atoms with van der Waals surface area (Å²) in [6.07, 6.45) is 7.28. The van der Waals surface area contributed by atoms with Crippen molar-refractivity contribution in [1.82, 2.24) is 10.6 Å². The van der Waals surface area contributed by atoms with Crippen molar-refractivity contribution in [1.29, 1.82) is 0 Å². The van der Waals surface area contributed by atoms with Crippen LogP contribution in [0, 0.1) is 0 Å². The Morgan fingerprint density at radius 1 is 1.37 bits per heavy atom. The van der Waals surface area contributed by atoms with E-state index in [2.05, 4.69) is 16.7 Å². The van der Waals surface area contributed by atoms with Crippen LogP contribution < -0.4 is 10.6 Å². The van der Waals surface area contributed by atoms with Crippen molar-refractivity contribution in [3.05, 3.63) is 48.0 Å². The summed E-state index contributed by atoms with van der Waals surface area (Å²) in [7, 11) is 0. The van der Waals surface area contributed by atoms with Crippen LogP contribution in [0.25, 0.3) is 0 Å². The largest absolute Gasteiger partial charge is 0.394 e. The van der Waals surface area contributed by atoms with Crippen LogP contribution in [0.3, 0.4) is 0 Å². The third-order valence-electron chi connectivity index (χ3n) is 3.26. The summed E-state index contributed by atoms with van der Waals surface area (Å²) in [5.74, 6) is 0. The standard InChI is InChI=1S/C15H20N2O2/c18-11-14(12-7-3-1-4-8-12)17-15(19)16-13-9-5-2-6-10-13/h1,3-5,7-9,13-14,18H,2,6,10-11H2,(H2,16,17,19)/t13-,14-/m1/s1. The second-order valence-electron chi connectivity index (χ2n) is 4.73. The SMILES string of the molecule is O=C(N[C@@H]1C=CCCC1)N[C@H](CO)c1ccccc1. The third-order valence-corrected chi connectivity index (χ3v) is 3.26. The number of carbonyl (C=O) groups is 1. The van der Waals surface area contributed by atoms with Crippen molar-refractivity contribution in [3.63, 3.8) is 0 Å². The maximum atomic E-state index is 11.9. The fourth-order valence-corrected chi connectivity index (χ4v) is 2.22. The van der Waals surface area contributed by atoms with Crippen LogP contribution in [0.15, 0.2) is 42.5 Å². The molecule has 0 saturated carbocycles. The third kappa shape index (κ3) is 4.10. The second kappa shape index (κ2) is 6.95. The summed E-state index contributed by atoms with van der Waals surface area (Å²) in [5.41, 5.74) is 0.902. The summed E-state index contributed by atoms with van der Waals surface area (Å²) in [6.45, 7) is -0.113. The number of urea groups is 1. The number of aliphatic hydroxyl groups excluding tert-OH is 1. The van der Waals surface area contributed by atoms with E-state index in [1.54, 1.807) is 0 Å². The quantitative estimate of drug-likeness (QED) is 0.726. The topological polar surface area (TPSA) is 61.4 Å². The highest BCUT2D eigenvalue weighted by atomic mass is 16.3. The highest BCUT2D eigenvalue weighted by Crippen LogP contribution is 2.12. The number of hydrogen-bond donors (Lipinski definition) is 3. The first kappa shape index (κ1) is 13.6. The molecular weight excluding hydrogens is 240 g/mol. The molecule has 1 aromatic carbocycles. The van der Waals surface area contributed by atoms with Crippen molar-refractivity contribution in [2.45, 2.75) is 31.3 Å². The fourth-order valence-electron chi connectivity index (χ4n) is 2.22. The van der Waals surface area contributed by atoms with Crippen LogP contribution in [-0.4, -0.2) is 23.8 Å². The highest BCUT2D eigenvalue weighted by molar-refractivity contribution is 5.75. The molecule has 1 aliphatic rings. The molecule has 4 heteroatoms. The van der Waals surface area contributed by atoms with Crippen LogP contribution in [0.5, 0.6) is 0 Å². The first-order valence-electron chi connectivity index (χ1n) is 6.69. The van der Waals surface area contributed by atoms with Crippen molar-refractivity contribution in [2.24, 2.45) is 0 Å². The number of amides is 2. The van der Waals surface area contributed by atoms with Gasteiger partial charge >= 0.3 is 6.03 Å².